The molecule has 0 saturated carbocycles. The maximum atomic E-state index is 11.9. The molecule has 0 saturated heterocycles. The van der Waals surface area contributed by atoms with Gasteiger partial charge in [0, 0.05) is 14.9 Å². The number of carbonyl (C=O) groups is 2. The van der Waals surface area contributed by atoms with Crippen molar-refractivity contribution in [3.63, 3.8) is 0 Å². The van der Waals surface area contributed by atoms with Crippen LogP contribution in [0.15, 0.2) is 33.6 Å². The maximum absolute atomic E-state index is 11.9. The molecule has 0 spiro atoms. The highest BCUT2D eigenvalue weighted by molar-refractivity contribution is 9.10. The Bertz CT molecular complexity index is 500. The molecule has 0 aliphatic carbocycles. The van der Waals surface area contributed by atoms with E-state index in [2.05, 4.69) is 26.6 Å². The van der Waals surface area contributed by atoms with Gasteiger partial charge in [-0.3, -0.25) is 10.1 Å². The summed E-state index contributed by atoms with van der Waals surface area (Å²) in [7, 11) is 0. The third-order valence-electron chi connectivity index (χ3n) is 2.23. The lowest BCUT2D eigenvalue weighted by atomic mass is 10.1. The minimum absolute atomic E-state index is 0.312. The van der Waals surface area contributed by atoms with Crippen molar-refractivity contribution in [3.05, 3.63) is 28.7 Å². The van der Waals surface area contributed by atoms with Crippen LogP contribution < -0.4 is 10.6 Å². The van der Waals surface area contributed by atoms with Crippen molar-refractivity contribution in [2.45, 2.75) is 43.4 Å². The van der Waals surface area contributed by atoms with E-state index >= 15 is 0 Å². The molecule has 1 aromatic rings. The molecule has 0 unspecified atom stereocenters. The Morgan fingerprint density at radius 1 is 1.25 bits per heavy atom. The number of imide groups is 1. The highest BCUT2D eigenvalue weighted by Crippen LogP contribution is 2.30. The van der Waals surface area contributed by atoms with Gasteiger partial charge in [-0.05, 0) is 55.8 Å². The minimum Gasteiger partial charge on any atom is -0.333 e. The van der Waals surface area contributed by atoms with Crippen LogP contribution in [-0.2, 0) is 4.79 Å². The monoisotopic (exact) mass is 358 g/mol. The maximum Gasteiger partial charge on any atom is 0.321 e. The van der Waals surface area contributed by atoms with Gasteiger partial charge in [-0.15, -0.1) is 11.8 Å². The van der Waals surface area contributed by atoms with Crippen molar-refractivity contribution >= 4 is 39.6 Å². The first-order valence-electron chi connectivity index (χ1n) is 6.23. The number of halogens is 1. The van der Waals surface area contributed by atoms with Gasteiger partial charge in [-0.2, -0.15) is 0 Å². The van der Waals surface area contributed by atoms with E-state index in [1.165, 1.54) is 11.8 Å². The molecule has 0 aliphatic rings. The molecule has 1 rings (SSSR count). The van der Waals surface area contributed by atoms with Crippen molar-refractivity contribution in [1.29, 1.82) is 0 Å². The molecule has 0 aliphatic heterocycles. The standard InChI is InChI=1S/C14H19BrN2O2S/c1-9(20-11-8-6-5-7-10(11)15)12(18)16-13(19)17-14(2,3)4/h5-9H,1-4H3,(H2,16,17,18,19)/t9-/m0/s1. The number of nitrogens with one attached hydrogen (secondary N) is 2. The Labute approximate surface area is 132 Å². The fourth-order valence-electron chi connectivity index (χ4n) is 1.37. The van der Waals surface area contributed by atoms with Crippen LogP contribution in [0.25, 0.3) is 0 Å². The van der Waals surface area contributed by atoms with Gasteiger partial charge in [0.25, 0.3) is 0 Å². The van der Waals surface area contributed by atoms with Gasteiger partial charge in [-0.1, -0.05) is 12.1 Å². The number of urea groups is 1. The van der Waals surface area contributed by atoms with E-state index in [9.17, 15) is 9.59 Å². The van der Waals surface area contributed by atoms with Gasteiger partial charge in [0.15, 0.2) is 0 Å². The molecule has 2 N–H and O–H groups in total. The molecule has 110 valence electrons. The molecular formula is C14H19BrN2O2S. The van der Waals surface area contributed by atoms with E-state index in [1.807, 2.05) is 45.0 Å². The molecule has 0 fully saturated rings. The highest BCUT2D eigenvalue weighted by Gasteiger charge is 2.20. The van der Waals surface area contributed by atoms with Gasteiger partial charge in [0.05, 0.1) is 5.25 Å². The van der Waals surface area contributed by atoms with Crippen LogP contribution in [0, 0.1) is 0 Å². The summed E-state index contributed by atoms with van der Waals surface area (Å²) < 4.78 is 0.934. The number of benzene rings is 1. The first-order chi connectivity index (χ1) is 9.19. The third kappa shape index (κ3) is 5.96. The zero-order valence-corrected chi connectivity index (χ0v) is 14.4. The molecule has 20 heavy (non-hydrogen) atoms. The van der Waals surface area contributed by atoms with Crippen LogP contribution in [0.1, 0.15) is 27.7 Å². The number of amides is 3. The summed E-state index contributed by atoms with van der Waals surface area (Å²) in [4.78, 5) is 24.5. The lowest BCUT2D eigenvalue weighted by Gasteiger charge is -2.21. The summed E-state index contributed by atoms with van der Waals surface area (Å²) in [6.07, 6.45) is 0. The van der Waals surface area contributed by atoms with Crippen LogP contribution in [0.3, 0.4) is 0 Å². The lowest BCUT2D eigenvalue weighted by Crippen LogP contribution is -2.49. The largest absolute Gasteiger partial charge is 0.333 e. The molecule has 0 bridgehead atoms. The molecule has 6 heteroatoms. The van der Waals surface area contributed by atoms with Gasteiger partial charge in [0.1, 0.15) is 0 Å². The van der Waals surface area contributed by atoms with Crippen LogP contribution in [0.2, 0.25) is 0 Å². The Morgan fingerprint density at radius 2 is 1.85 bits per heavy atom. The first-order valence-corrected chi connectivity index (χ1v) is 7.90. The second-order valence-corrected chi connectivity index (χ2v) is 7.62. The predicted octanol–water partition coefficient (Wildman–Crippen LogP) is 3.55. The highest BCUT2D eigenvalue weighted by atomic mass is 79.9. The number of thioether (sulfide) groups is 1. The molecule has 1 aromatic carbocycles. The molecule has 1 atom stereocenters. The third-order valence-corrected chi connectivity index (χ3v) is 4.37. The average molecular weight is 359 g/mol. The average Bonchev–Trinajstić information content (AvgIpc) is 2.29. The molecular weight excluding hydrogens is 340 g/mol. The van der Waals surface area contributed by atoms with E-state index in [0.29, 0.717) is 0 Å². The minimum atomic E-state index is -0.470. The summed E-state index contributed by atoms with van der Waals surface area (Å²) in [6.45, 7) is 7.34. The van der Waals surface area contributed by atoms with Crippen molar-refractivity contribution in [2.75, 3.05) is 0 Å². The summed E-state index contributed by atoms with van der Waals surface area (Å²) >= 11 is 4.83. The molecule has 3 amide bonds. The summed E-state index contributed by atoms with van der Waals surface area (Å²) in [5.41, 5.74) is -0.372. The Hall–Kier alpha value is -1.01. The summed E-state index contributed by atoms with van der Waals surface area (Å²) in [5.74, 6) is -0.312. The van der Waals surface area contributed by atoms with E-state index < -0.39 is 6.03 Å². The predicted molar refractivity (Wildman–Crippen MR) is 85.9 cm³/mol. The second-order valence-electron chi connectivity index (χ2n) is 5.38. The second kappa shape index (κ2) is 7.13. The number of rotatable bonds is 3. The van der Waals surface area contributed by atoms with Gasteiger partial charge in [-0.25, -0.2) is 4.79 Å². The molecule has 0 heterocycles. The Balaban J connectivity index is 2.56. The Kier molecular flexibility index (Phi) is 6.07. The Morgan fingerprint density at radius 3 is 2.40 bits per heavy atom. The van der Waals surface area contributed by atoms with Gasteiger partial charge >= 0.3 is 6.03 Å². The SMILES string of the molecule is C[C@H](Sc1ccccc1Br)C(=O)NC(=O)NC(C)(C)C. The number of hydrogen-bond donors (Lipinski definition) is 2. The van der Waals surface area contributed by atoms with Gasteiger partial charge < -0.3 is 5.32 Å². The molecule has 0 radical (unpaired) electrons. The summed E-state index contributed by atoms with van der Waals surface area (Å²) in [5, 5.41) is 4.68. The van der Waals surface area contributed by atoms with Crippen LogP contribution in [-0.4, -0.2) is 22.7 Å². The lowest BCUT2D eigenvalue weighted by molar-refractivity contribution is -0.119. The van der Waals surface area contributed by atoms with Crippen LogP contribution in [0.4, 0.5) is 4.79 Å². The quantitative estimate of drug-likeness (QED) is 0.812. The fourth-order valence-corrected chi connectivity index (χ4v) is 2.82. The fraction of sp³-hybridized carbons (Fsp3) is 0.429. The van der Waals surface area contributed by atoms with Crippen LogP contribution in [0.5, 0.6) is 0 Å². The van der Waals surface area contributed by atoms with Crippen molar-refractivity contribution in [3.8, 4) is 0 Å². The molecule has 4 nitrogen and oxygen atoms in total. The van der Waals surface area contributed by atoms with Crippen molar-refractivity contribution in [1.82, 2.24) is 10.6 Å². The van der Waals surface area contributed by atoms with E-state index in [4.69, 9.17) is 0 Å². The van der Waals surface area contributed by atoms with E-state index in [-0.39, 0.29) is 16.7 Å². The van der Waals surface area contributed by atoms with Crippen LogP contribution >= 0.6 is 27.7 Å². The normalized spacial score (nSPS) is 12.7. The molecule has 0 aromatic heterocycles. The topological polar surface area (TPSA) is 58.2 Å². The van der Waals surface area contributed by atoms with E-state index in [1.54, 1.807) is 6.92 Å². The summed E-state index contributed by atoms with van der Waals surface area (Å²) in [6, 6.07) is 7.19. The first kappa shape index (κ1) is 17.0. The van der Waals surface area contributed by atoms with Crippen molar-refractivity contribution < 1.29 is 9.59 Å². The van der Waals surface area contributed by atoms with Crippen molar-refractivity contribution in [2.24, 2.45) is 0 Å². The number of carbonyl (C=O) groups excluding carboxylic acids is 2. The zero-order valence-electron chi connectivity index (χ0n) is 12.0. The smallest absolute Gasteiger partial charge is 0.321 e. The van der Waals surface area contributed by atoms with E-state index in [0.717, 1.165) is 9.37 Å². The number of hydrogen-bond acceptors (Lipinski definition) is 3. The van der Waals surface area contributed by atoms with Gasteiger partial charge in [0.2, 0.25) is 5.91 Å². The zero-order chi connectivity index (χ0) is 15.3.